The van der Waals surface area contributed by atoms with Crippen molar-refractivity contribution in [2.24, 2.45) is 0 Å². The van der Waals surface area contributed by atoms with E-state index in [-0.39, 0.29) is 5.56 Å². The Balaban J connectivity index is 2.25. The second-order valence-electron chi connectivity index (χ2n) is 4.38. The Morgan fingerprint density at radius 3 is 2.15 bits per heavy atom. The number of halogens is 5. The molecule has 0 radical (unpaired) electrons. The van der Waals surface area contributed by atoms with Crippen molar-refractivity contribution < 1.29 is 13.2 Å². The smallest absolute Gasteiger partial charge is 0.166 e. The molecule has 0 fully saturated rings. The van der Waals surface area contributed by atoms with E-state index in [0.29, 0.717) is 11.4 Å². The summed E-state index contributed by atoms with van der Waals surface area (Å²) in [6, 6.07) is 12.3. The number of rotatable bonds is 3. The standard InChI is InChI=1S/C15H11Cl2F3/c16-11-7-5-10(6-8-11)9-14(17)12-3-1-2-4-13(12)15(18,19)20/h1-8,14H,9H2. The van der Waals surface area contributed by atoms with Crippen LogP contribution >= 0.6 is 23.2 Å². The minimum absolute atomic E-state index is 0.0941. The van der Waals surface area contributed by atoms with E-state index in [1.807, 2.05) is 0 Å². The summed E-state index contributed by atoms with van der Waals surface area (Å²) in [5.41, 5.74) is 0.247. The van der Waals surface area contributed by atoms with Gasteiger partial charge < -0.3 is 0 Å². The summed E-state index contributed by atoms with van der Waals surface area (Å²) in [6.07, 6.45) is -4.09. The van der Waals surface area contributed by atoms with Gasteiger partial charge in [0.2, 0.25) is 0 Å². The average Bonchev–Trinajstić information content (AvgIpc) is 2.40. The largest absolute Gasteiger partial charge is 0.416 e. The number of hydrogen-bond acceptors (Lipinski definition) is 0. The molecule has 2 aromatic carbocycles. The predicted molar refractivity (Wildman–Crippen MR) is 75.2 cm³/mol. The summed E-state index contributed by atoms with van der Waals surface area (Å²) in [6.45, 7) is 0. The fourth-order valence-electron chi connectivity index (χ4n) is 1.97. The Morgan fingerprint density at radius 2 is 1.55 bits per heavy atom. The summed E-state index contributed by atoms with van der Waals surface area (Å²) in [4.78, 5) is 0. The summed E-state index contributed by atoms with van der Waals surface area (Å²) >= 11 is 11.9. The van der Waals surface area contributed by atoms with Crippen LogP contribution in [0.25, 0.3) is 0 Å². The lowest BCUT2D eigenvalue weighted by Gasteiger charge is -2.17. The first kappa shape index (κ1) is 15.2. The third kappa shape index (κ3) is 3.68. The van der Waals surface area contributed by atoms with Gasteiger partial charge in [0, 0.05) is 5.02 Å². The van der Waals surface area contributed by atoms with E-state index in [1.165, 1.54) is 12.1 Å². The number of hydrogen-bond donors (Lipinski definition) is 0. The molecule has 1 atom stereocenters. The highest BCUT2D eigenvalue weighted by molar-refractivity contribution is 6.30. The number of benzene rings is 2. The first-order valence-corrected chi connectivity index (χ1v) is 6.74. The lowest BCUT2D eigenvalue weighted by Crippen LogP contribution is -2.11. The zero-order valence-corrected chi connectivity index (χ0v) is 11.8. The highest BCUT2D eigenvalue weighted by atomic mass is 35.5. The maximum Gasteiger partial charge on any atom is 0.416 e. The molecule has 0 amide bonds. The Morgan fingerprint density at radius 1 is 0.950 bits per heavy atom. The summed E-state index contributed by atoms with van der Waals surface area (Å²) in [7, 11) is 0. The second kappa shape index (κ2) is 6.06. The fourth-order valence-corrected chi connectivity index (χ4v) is 2.46. The molecule has 0 saturated heterocycles. The van der Waals surface area contributed by atoms with Gasteiger partial charge in [-0.2, -0.15) is 13.2 Å². The van der Waals surface area contributed by atoms with Gasteiger partial charge in [-0.3, -0.25) is 0 Å². The minimum atomic E-state index is -4.40. The van der Waals surface area contributed by atoms with Gasteiger partial charge >= 0.3 is 6.18 Å². The molecule has 20 heavy (non-hydrogen) atoms. The first-order valence-electron chi connectivity index (χ1n) is 5.92. The Labute approximate surface area is 125 Å². The Kier molecular flexibility index (Phi) is 4.61. The lowest BCUT2D eigenvalue weighted by atomic mass is 9.99. The first-order chi connectivity index (χ1) is 9.38. The van der Waals surface area contributed by atoms with Crippen LogP contribution in [0.3, 0.4) is 0 Å². The van der Waals surface area contributed by atoms with E-state index in [2.05, 4.69) is 0 Å². The third-order valence-electron chi connectivity index (χ3n) is 2.93. The molecule has 5 heteroatoms. The van der Waals surface area contributed by atoms with E-state index in [1.54, 1.807) is 30.3 Å². The van der Waals surface area contributed by atoms with Crippen molar-refractivity contribution in [3.05, 3.63) is 70.2 Å². The fraction of sp³-hybridized carbons (Fsp3) is 0.200. The van der Waals surface area contributed by atoms with E-state index in [9.17, 15) is 13.2 Å². The molecule has 0 heterocycles. The molecule has 0 N–H and O–H groups in total. The monoisotopic (exact) mass is 318 g/mol. The molecule has 0 aliphatic rings. The molecular formula is C15H11Cl2F3. The van der Waals surface area contributed by atoms with Crippen LogP contribution in [-0.4, -0.2) is 0 Å². The van der Waals surface area contributed by atoms with Crippen molar-refractivity contribution in [2.75, 3.05) is 0 Å². The lowest BCUT2D eigenvalue weighted by molar-refractivity contribution is -0.138. The zero-order chi connectivity index (χ0) is 14.8. The van der Waals surface area contributed by atoms with Crippen molar-refractivity contribution in [1.29, 1.82) is 0 Å². The van der Waals surface area contributed by atoms with Crippen LogP contribution in [0.5, 0.6) is 0 Å². The Bertz CT molecular complexity index is 576. The van der Waals surface area contributed by atoms with E-state index < -0.39 is 17.1 Å². The molecule has 0 nitrogen and oxygen atoms in total. The van der Waals surface area contributed by atoms with Crippen LogP contribution in [0.15, 0.2) is 48.5 Å². The maximum atomic E-state index is 12.9. The molecule has 0 aliphatic heterocycles. The highest BCUT2D eigenvalue weighted by Crippen LogP contribution is 2.37. The molecule has 2 aromatic rings. The van der Waals surface area contributed by atoms with Gasteiger partial charge in [0.1, 0.15) is 0 Å². The van der Waals surface area contributed by atoms with Gasteiger partial charge in [0.25, 0.3) is 0 Å². The molecule has 0 aliphatic carbocycles. The normalized spacial score (nSPS) is 13.2. The average molecular weight is 319 g/mol. The van der Waals surface area contributed by atoms with Gasteiger partial charge in [-0.1, -0.05) is 41.9 Å². The molecule has 1 unspecified atom stereocenters. The van der Waals surface area contributed by atoms with E-state index >= 15 is 0 Å². The molecule has 106 valence electrons. The van der Waals surface area contributed by atoms with Crippen molar-refractivity contribution in [2.45, 2.75) is 18.0 Å². The zero-order valence-electron chi connectivity index (χ0n) is 10.3. The third-order valence-corrected chi connectivity index (χ3v) is 3.57. The van der Waals surface area contributed by atoms with Gasteiger partial charge in [-0.25, -0.2) is 0 Å². The topological polar surface area (TPSA) is 0 Å². The minimum Gasteiger partial charge on any atom is -0.166 e. The number of alkyl halides is 4. The summed E-state index contributed by atoms with van der Waals surface area (Å²) < 4.78 is 38.8. The van der Waals surface area contributed by atoms with E-state index in [0.717, 1.165) is 11.6 Å². The quantitative estimate of drug-likeness (QED) is 0.620. The van der Waals surface area contributed by atoms with Crippen LogP contribution in [0, 0.1) is 0 Å². The van der Waals surface area contributed by atoms with Crippen molar-refractivity contribution in [1.82, 2.24) is 0 Å². The molecular weight excluding hydrogens is 308 g/mol. The summed E-state index contributed by atoms with van der Waals surface area (Å²) in [5.74, 6) is 0. The van der Waals surface area contributed by atoms with Crippen LogP contribution in [0.1, 0.15) is 22.1 Å². The van der Waals surface area contributed by atoms with Crippen LogP contribution in [0.4, 0.5) is 13.2 Å². The van der Waals surface area contributed by atoms with Crippen LogP contribution < -0.4 is 0 Å². The SMILES string of the molecule is FC(F)(F)c1ccccc1C(Cl)Cc1ccc(Cl)cc1. The molecule has 2 rings (SSSR count). The van der Waals surface area contributed by atoms with Crippen LogP contribution in [0.2, 0.25) is 5.02 Å². The molecule has 0 spiro atoms. The molecule has 0 bridgehead atoms. The molecule has 0 aromatic heterocycles. The van der Waals surface area contributed by atoms with Crippen molar-refractivity contribution >= 4 is 23.2 Å². The second-order valence-corrected chi connectivity index (χ2v) is 5.35. The highest BCUT2D eigenvalue weighted by Gasteiger charge is 2.34. The van der Waals surface area contributed by atoms with Crippen molar-refractivity contribution in [3.63, 3.8) is 0 Å². The molecule has 0 saturated carbocycles. The van der Waals surface area contributed by atoms with Crippen LogP contribution in [-0.2, 0) is 12.6 Å². The van der Waals surface area contributed by atoms with Gasteiger partial charge in [-0.15, -0.1) is 11.6 Å². The maximum absolute atomic E-state index is 12.9. The predicted octanol–water partition coefficient (Wildman–Crippen LogP) is 5.88. The Hall–Kier alpha value is -1.19. The van der Waals surface area contributed by atoms with Gasteiger partial charge in [-0.05, 0) is 35.7 Å². The van der Waals surface area contributed by atoms with E-state index in [4.69, 9.17) is 23.2 Å². The van der Waals surface area contributed by atoms with Gasteiger partial charge in [0.15, 0.2) is 0 Å². The van der Waals surface area contributed by atoms with Crippen molar-refractivity contribution in [3.8, 4) is 0 Å². The van der Waals surface area contributed by atoms with Gasteiger partial charge in [0.05, 0.1) is 10.9 Å². The summed E-state index contributed by atoms with van der Waals surface area (Å²) in [5, 5.41) is -0.162.